The van der Waals surface area contributed by atoms with Crippen molar-refractivity contribution in [1.29, 1.82) is 0 Å². The Morgan fingerprint density at radius 2 is 1.88 bits per heavy atom. The van der Waals surface area contributed by atoms with Gasteiger partial charge in [-0.2, -0.15) is 0 Å². The maximum Gasteiger partial charge on any atom is 0.224 e. The standard InChI is InChI=1S/C20H24ClN3O2/c1-15-13-23(14-16(2)26-15)20(25)8-11-24(18-6-9-22-10-7-18)19-5-3-4-17(21)12-19/h3-7,9-10,12,15-16H,8,11,13-14H2,1-2H3. The van der Waals surface area contributed by atoms with Gasteiger partial charge in [-0.15, -0.1) is 0 Å². The van der Waals surface area contributed by atoms with Crippen molar-refractivity contribution in [3.63, 3.8) is 0 Å². The number of carbonyl (C=O) groups excluding carboxylic acids is 1. The molecule has 3 rings (SSSR count). The minimum atomic E-state index is 0.0759. The van der Waals surface area contributed by atoms with Crippen LogP contribution in [0.5, 0.6) is 0 Å². The number of hydrogen-bond acceptors (Lipinski definition) is 4. The van der Waals surface area contributed by atoms with Crippen LogP contribution < -0.4 is 4.90 Å². The van der Waals surface area contributed by atoms with Gasteiger partial charge in [0.25, 0.3) is 0 Å². The van der Waals surface area contributed by atoms with Crippen molar-refractivity contribution in [1.82, 2.24) is 9.88 Å². The monoisotopic (exact) mass is 373 g/mol. The van der Waals surface area contributed by atoms with Crippen molar-refractivity contribution in [3.05, 3.63) is 53.8 Å². The summed E-state index contributed by atoms with van der Waals surface area (Å²) in [5.74, 6) is 0.146. The average Bonchev–Trinajstić information content (AvgIpc) is 2.62. The fourth-order valence-electron chi connectivity index (χ4n) is 3.32. The fourth-order valence-corrected chi connectivity index (χ4v) is 3.51. The van der Waals surface area contributed by atoms with E-state index in [0.29, 0.717) is 31.1 Å². The van der Waals surface area contributed by atoms with E-state index < -0.39 is 0 Å². The van der Waals surface area contributed by atoms with Crippen molar-refractivity contribution in [2.24, 2.45) is 0 Å². The highest BCUT2D eigenvalue weighted by molar-refractivity contribution is 6.30. The molecule has 1 aliphatic rings. The van der Waals surface area contributed by atoms with E-state index in [1.807, 2.05) is 55.1 Å². The third kappa shape index (κ3) is 4.74. The van der Waals surface area contributed by atoms with E-state index >= 15 is 0 Å². The summed E-state index contributed by atoms with van der Waals surface area (Å²) in [4.78, 5) is 20.8. The van der Waals surface area contributed by atoms with E-state index in [0.717, 1.165) is 11.4 Å². The molecule has 6 heteroatoms. The largest absolute Gasteiger partial charge is 0.372 e. The number of aromatic nitrogens is 1. The number of anilines is 2. The summed E-state index contributed by atoms with van der Waals surface area (Å²) in [5, 5.41) is 0.670. The zero-order valence-corrected chi connectivity index (χ0v) is 15.9. The molecule has 2 aromatic rings. The average molecular weight is 374 g/mol. The number of carbonyl (C=O) groups is 1. The van der Waals surface area contributed by atoms with Gasteiger partial charge >= 0.3 is 0 Å². The molecule has 1 fully saturated rings. The lowest BCUT2D eigenvalue weighted by Gasteiger charge is -2.36. The third-order valence-corrected chi connectivity index (χ3v) is 4.65. The Hall–Kier alpha value is -2.11. The Labute approximate surface area is 159 Å². The Bertz CT molecular complexity index is 731. The first-order valence-corrected chi connectivity index (χ1v) is 9.27. The molecule has 2 heterocycles. The molecule has 2 atom stereocenters. The van der Waals surface area contributed by atoms with E-state index in [4.69, 9.17) is 16.3 Å². The molecule has 1 amide bonds. The van der Waals surface area contributed by atoms with Gasteiger partial charge in [-0.3, -0.25) is 9.78 Å². The van der Waals surface area contributed by atoms with Crippen LogP contribution in [0.4, 0.5) is 11.4 Å². The predicted octanol–water partition coefficient (Wildman–Crippen LogP) is 3.90. The Balaban J connectivity index is 1.73. The molecule has 2 unspecified atom stereocenters. The molecule has 5 nitrogen and oxygen atoms in total. The van der Waals surface area contributed by atoms with Crippen LogP contribution in [-0.4, -0.2) is 47.6 Å². The van der Waals surface area contributed by atoms with Crippen LogP contribution >= 0.6 is 11.6 Å². The van der Waals surface area contributed by atoms with Crippen LogP contribution in [0.15, 0.2) is 48.8 Å². The molecule has 0 aliphatic carbocycles. The number of amides is 1. The number of halogens is 1. The van der Waals surface area contributed by atoms with Crippen LogP contribution in [0.3, 0.4) is 0 Å². The number of rotatable bonds is 5. The molecule has 0 bridgehead atoms. The van der Waals surface area contributed by atoms with Crippen LogP contribution in [0.2, 0.25) is 5.02 Å². The van der Waals surface area contributed by atoms with Crippen LogP contribution in [0, 0.1) is 0 Å². The zero-order chi connectivity index (χ0) is 18.5. The van der Waals surface area contributed by atoms with Gasteiger partial charge in [0.15, 0.2) is 0 Å². The molecule has 138 valence electrons. The van der Waals surface area contributed by atoms with Gasteiger partial charge < -0.3 is 14.5 Å². The van der Waals surface area contributed by atoms with E-state index in [1.54, 1.807) is 12.4 Å². The molecule has 1 aliphatic heterocycles. The number of pyridine rings is 1. The normalized spacial score (nSPS) is 20.0. The summed E-state index contributed by atoms with van der Waals surface area (Å²) in [7, 11) is 0. The van der Waals surface area contributed by atoms with E-state index in [2.05, 4.69) is 9.88 Å². The molecule has 0 saturated carbocycles. The molecule has 1 aromatic heterocycles. The Morgan fingerprint density at radius 3 is 2.54 bits per heavy atom. The van der Waals surface area contributed by atoms with Crippen molar-refractivity contribution < 1.29 is 9.53 Å². The lowest BCUT2D eigenvalue weighted by atomic mass is 10.2. The number of morpholine rings is 1. The van der Waals surface area contributed by atoms with Gasteiger partial charge in [0.05, 0.1) is 12.2 Å². The molecule has 1 saturated heterocycles. The van der Waals surface area contributed by atoms with Crippen molar-refractivity contribution in [2.75, 3.05) is 24.5 Å². The summed E-state index contributed by atoms with van der Waals surface area (Å²) >= 11 is 6.16. The third-order valence-electron chi connectivity index (χ3n) is 4.42. The van der Waals surface area contributed by atoms with E-state index in [1.165, 1.54) is 0 Å². The molecule has 0 spiro atoms. The van der Waals surface area contributed by atoms with Crippen molar-refractivity contribution in [2.45, 2.75) is 32.5 Å². The maximum absolute atomic E-state index is 12.7. The summed E-state index contributed by atoms with van der Waals surface area (Å²) in [6, 6.07) is 11.5. The lowest BCUT2D eigenvalue weighted by Crippen LogP contribution is -2.48. The van der Waals surface area contributed by atoms with E-state index in [9.17, 15) is 4.79 Å². The number of hydrogen-bond donors (Lipinski definition) is 0. The first-order chi connectivity index (χ1) is 12.5. The topological polar surface area (TPSA) is 45.7 Å². The zero-order valence-electron chi connectivity index (χ0n) is 15.1. The Kier molecular flexibility index (Phi) is 6.12. The highest BCUT2D eigenvalue weighted by Crippen LogP contribution is 2.27. The van der Waals surface area contributed by atoms with Gasteiger partial charge in [-0.25, -0.2) is 0 Å². The van der Waals surface area contributed by atoms with Gasteiger partial charge in [0.2, 0.25) is 5.91 Å². The molecular formula is C20H24ClN3O2. The Morgan fingerprint density at radius 1 is 1.19 bits per heavy atom. The summed E-state index contributed by atoms with van der Waals surface area (Å²) in [5.41, 5.74) is 1.94. The molecule has 26 heavy (non-hydrogen) atoms. The number of benzene rings is 1. The molecule has 0 radical (unpaired) electrons. The van der Waals surface area contributed by atoms with Gasteiger partial charge in [-0.1, -0.05) is 17.7 Å². The van der Waals surface area contributed by atoms with E-state index in [-0.39, 0.29) is 18.1 Å². The molecule has 0 N–H and O–H groups in total. The first kappa shape index (κ1) is 18.7. The quantitative estimate of drug-likeness (QED) is 0.797. The molecule has 1 aromatic carbocycles. The van der Waals surface area contributed by atoms with Crippen LogP contribution in [0.25, 0.3) is 0 Å². The minimum Gasteiger partial charge on any atom is -0.372 e. The fraction of sp³-hybridized carbons (Fsp3) is 0.400. The van der Waals surface area contributed by atoms with Gasteiger partial charge in [0, 0.05) is 54.8 Å². The van der Waals surface area contributed by atoms with Gasteiger partial charge in [0.1, 0.15) is 0 Å². The maximum atomic E-state index is 12.7. The highest BCUT2D eigenvalue weighted by atomic mass is 35.5. The highest BCUT2D eigenvalue weighted by Gasteiger charge is 2.26. The smallest absolute Gasteiger partial charge is 0.224 e. The second-order valence-electron chi connectivity index (χ2n) is 6.64. The summed E-state index contributed by atoms with van der Waals surface area (Å²) < 4.78 is 5.72. The summed E-state index contributed by atoms with van der Waals surface area (Å²) in [6.45, 7) is 5.88. The van der Waals surface area contributed by atoms with Gasteiger partial charge in [-0.05, 0) is 44.2 Å². The lowest BCUT2D eigenvalue weighted by molar-refractivity contribution is -0.142. The number of nitrogens with zero attached hydrogens (tertiary/aromatic N) is 3. The second-order valence-corrected chi connectivity index (χ2v) is 7.08. The first-order valence-electron chi connectivity index (χ1n) is 8.89. The van der Waals surface area contributed by atoms with Crippen molar-refractivity contribution >= 4 is 28.9 Å². The summed E-state index contributed by atoms with van der Waals surface area (Å²) in [6.07, 6.45) is 4.08. The van der Waals surface area contributed by atoms with Crippen molar-refractivity contribution in [3.8, 4) is 0 Å². The second kappa shape index (κ2) is 8.52. The SMILES string of the molecule is CC1CN(C(=O)CCN(c2ccncc2)c2cccc(Cl)c2)CC(C)O1. The predicted molar refractivity (Wildman–Crippen MR) is 104 cm³/mol. The van der Waals surface area contributed by atoms with Crippen LogP contribution in [0.1, 0.15) is 20.3 Å². The number of ether oxygens (including phenoxy) is 1. The van der Waals surface area contributed by atoms with Crippen LogP contribution in [-0.2, 0) is 9.53 Å². The minimum absolute atomic E-state index is 0.0759. The molecular weight excluding hydrogens is 350 g/mol.